The third-order valence-corrected chi connectivity index (χ3v) is 5.01. The number of carboxylic acids is 1. The Morgan fingerprint density at radius 3 is 2.83 bits per heavy atom. The molecule has 1 atom stereocenters. The first kappa shape index (κ1) is 17.7. The molecular weight excluding hydrogens is 310 g/mol. The van der Waals surface area contributed by atoms with E-state index in [1.54, 1.807) is 11.3 Å². The van der Waals surface area contributed by atoms with Crippen molar-refractivity contribution >= 4 is 29.3 Å². The number of carboxylic acid groups (broad SMARTS) is 1. The second kappa shape index (κ2) is 9.50. The number of nitrogens with zero attached hydrogens (tertiary/aromatic N) is 1. The van der Waals surface area contributed by atoms with Crippen LogP contribution in [0.2, 0.25) is 0 Å². The van der Waals surface area contributed by atoms with Gasteiger partial charge in [0.1, 0.15) is 0 Å². The predicted molar refractivity (Wildman–Crippen MR) is 93.4 cm³/mol. The van der Waals surface area contributed by atoms with E-state index in [1.165, 1.54) is 11.3 Å². The number of carbonyl (C=O) groups excluding carboxylic acids is 1. The van der Waals surface area contributed by atoms with Gasteiger partial charge in [0.25, 0.3) is 0 Å². The van der Waals surface area contributed by atoms with Crippen LogP contribution in [0, 0.1) is 0 Å². The molecule has 1 saturated heterocycles. The van der Waals surface area contributed by atoms with E-state index in [4.69, 9.17) is 5.11 Å². The lowest BCUT2D eigenvalue weighted by Gasteiger charge is -2.28. The molecule has 1 amide bonds. The lowest BCUT2D eigenvalue weighted by Crippen LogP contribution is -2.38. The molecule has 23 heavy (non-hydrogen) atoms. The van der Waals surface area contributed by atoms with Gasteiger partial charge < -0.3 is 10.0 Å². The summed E-state index contributed by atoms with van der Waals surface area (Å²) in [5.41, 5.74) is 0. The molecule has 2 heterocycles. The monoisotopic (exact) mass is 335 g/mol. The van der Waals surface area contributed by atoms with Gasteiger partial charge in [0.05, 0.1) is 6.04 Å². The summed E-state index contributed by atoms with van der Waals surface area (Å²) in [5.74, 6) is -0.623. The van der Waals surface area contributed by atoms with Crippen LogP contribution in [0.3, 0.4) is 0 Å². The fraction of sp³-hybridized carbons (Fsp3) is 0.556. The van der Waals surface area contributed by atoms with Crippen LogP contribution >= 0.6 is 11.3 Å². The van der Waals surface area contributed by atoms with E-state index in [-0.39, 0.29) is 18.4 Å². The molecule has 0 radical (unpaired) electrons. The van der Waals surface area contributed by atoms with Gasteiger partial charge in [-0.25, -0.2) is 0 Å². The Kier molecular flexibility index (Phi) is 7.33. The van der Waals surface area contributed by atoms with Crippen LogP contribution in [-0.4, -0.2) is 34.5 Å². The third kappa shape index (κ3) is 6.18. The first-order chi connectivity index (χ1) is 11.2. The molecule has 1 aliphatic heterocycles. The van der Waals surface area contributed by atoms with Gasteiger partial charge in [-0.3, -0.25) is 9.59 Å². The van der Waals surface area contributed by atoms with E-state index in [9.17, 15) is 9.59 Å². The minimum Gasteiger partial charge on any atom is -0.481 e. The van der Waals surface area contributed by atoms with Crippen molar-refractivity contribution in [2.75, 3.05) is 6.54 Å². The Balaban J connectivity index is 1.91. The van der Waals surface area contributed by atoms with Crippen molar-refractivity contribution < 1.29 is 14.7 Å². The highest BCUT2D eigenvalue weighted by Gasteiger charge is 2.23. The van der Waals surface area contributed by atoms with Gasteiger partial charge in [0.2, 0.25) is 5.91 Å². The minimum atomic E-state index is -0.788. The summed E-state index contributed by atoms with van der Waals surface area (Å²) in [7, 11) is 0. The number of hydrogen-bond acceptors (Lipinski definition) is 3. The number of rotatable bonds is 7. The van der Waals surface area contributed by atoms with Crippen molar-refractivity contribution in [2.24, 2.45) is 0 Å². The Morgan fingerprint density at radius 1 is 1.26 bits per heavy atom. The highest BCUT2D eigenvalue weighted by atomic mass is 32.1. The maximum absolute atomic E-state index is 12.5. The quantitative estimate of drug-likeness (QED) is 0.761. The number of unbranched alkanes of at least 4 members (excludes halogenated alkanes) is 1. The molecule has 1 unspecified atom stereocenters. The highest BCUT2D eigenvalue weighted by molar-refractivity contribution is 7.10. The number of thiophene rings is 1. The number of likely N-dealkylation sites (tertiary alicyclic amines) is 1. The van der Waals surface area contributed by atoms with Crippen molar-refractivity contribution in [3.63, 3.8) is 0 Å². The average molecular weight is 335 g/mol. The number of amides is 1. The van der Waals surface area contributed by atoms with Gasteiger partial charge in [-0.05, 0) is 43.2 Å². The van der Waals surface area contributed by atoms with E-state index in [0.717, 1.165) is 25.8 Å². The topological polar surface area (TPSA) is 57.6 Å². The standard InChI is InChI=1S/C18H25NO3S/c20-17(9-3-4-10-18(21)22)19-13-5-1-2-7-15(19)11-12-16-8-6-14-23-16/h6,8,11-12,14-15H,1-5,7,9-10,13H2,(H,21,22)/b12-11+. The Bertz CT molecular complexity index is 524. The SMILES string of the molecule is O=C(O)CCCCC(=O)N1CCCCCC1/C=C/c1cccs1. The summed E-state index contributed by atoms with van der Waals surface area (Å²) in [5, 5.41) is 10.7. The zero-order valence-electron chi connectivity index (χ0n) is 13.4. The average Bonchev–Trinajstić information content (AvgIpc) is 2.93. The van der Waals surface area contributed by atoms with Crippen LogP contribution in [0.1, 0.15) is 56.2 Å². The second-order valence-electron chi connectivity index (χ2n) is 5.98. The van der Waals surface area contributed by atoms with Crippen molar-refractivity contribution in [1.82, 2.24) is 4.90 Å². The zero-order chi connectivity index (χ0) is 16.5. The van der Waals surface area contributed by atoms with Crippen molar-refractivity contribution in [2.45, 2.75) is 57.4 Å². The van der Waals surface area contributed by atoms with Gasteiger partial charge in [-0.1, -0.05) is 25.0 Å². The molecule has 1 aromatic rings. The molecule has 1 fully saturated rings. The molecule has 1 aromatic heterocycles. The molecule has 0 saturated carbocycles. The summed E-state index contributed by atoms with van der Waals surface area (Å²) in [4.78, 5) is 26.3. The fourth-order valence-corrected chi connectivity index (χ4v) is 3.56. The zero-order valence-corrected chi connectivity index (χ0v) is 14.3. The van der Waals surface area contributed by atoms with E-state index in [0.29, 0.717) is 19.3 Å². The summed E-state index contributed by atoms with van der Waals surface area (Å²) < 4.78 is 0. The fourth-order valence-electron chi connectivity index (χ4n) is 2.93. The molecule has 0 bridgehead atoms. The van der Waals surface area contributed by atoms with Gasteiger partial charge >= 0.3 is 5.97 Å². The normalized spacial score (nSPS) is 19.0. The van der Waals surface area contributed by atoms with E-state index in [1.807, 2.05) is 11.0 Å². The van der Waals surface area contributed by atoms with Crippen molar-refractivity contribution in [3.8, 4) is 0 Å². The molecule has 1 N–H and O–H groups in total. The van der Waals surface area contributed by atoms with Crippen molar-refractivity contribution in [3.05, 3.63) is 28.5 Å². The van der Waals surface area contributed by atoms with Gasteiger partial charge in [0, 0.05) is 24.3 Å². The molecule has 2 rings (SSSR count). The molecule has 1 aliphatic rings. The molecule has 0 aromatic carbocycles. The van der Waals surface area contributed by atoms with Crippen LogP contribution in [0.5, 0.6) is 0 Å². The van der Waals surface area contributed by atoms with E-state index in [2.05, 4.69) is 23.6 Å². The Hall–Kier alpha value is -1.62. The highest BCUT2D eigenvalue weighted by Crippen LogP contribution is 2.21. The first-order valence-corrected chi connectivity index (χ1v) is 9.28. The van der Waals surface area contributed by atoms with Gasteiger partial charge in [0.15, 0.2) is 0 Å². The van der Waals surface area contributed by atoms with Crippen LogP contribution in [0.15, 0.2) is 23.6 Å². The third-order valence-electron chi connectivity index (χ3n) is 4.18. The summed E-state index contributed by atoms with van der Waals surface area (Å²) in [6, 6.07) is 4.28. The van der Waals surface area contributed by atoms with Gasteiger partial charge in [-0.2, -0.15) is 0 Å². The molecular formula is C18H25NO3S. The largest absolute Gasteiger partial charge is 0.481 e. The molecule has 126 valence electrons. The maximum Gasteiger partial charge on any atom is 0.303 e. The Labute approximate surface area is 141 Å². The summed E-state index contributed by atoms with van der Waals surface area (Å²) in [6.45, 7) is 0.817. The van der Waals surface area contributed by atoms with Crippen LogP contribution < -0.4 is 0 Å². The minimum absolute atomic E-state index is 0.148. The van der Waals surface area contributed by atoms with E-state index < -0.39 is 5.97 Å². The molecule has 4 nitrogen and oxygen atoms in total. The summed E-state index contributed by atoms with van der Waals surface area (Å²) in [6.07, 6.45) is 10.5. The molecule has 0 aliphatic carbocycles. The number of aliphatic carboxylic acids is 1. The molecule has 5 heteroatoms. The predicted octanol–water partition coefficient (Wildman–Crippen LogP) is 4.18. The molecule has 0 spiro atoms. The van der Waals surface area contributed by atoms with Gasteiger partial charge in [-0.15, -0.1) is 11.3 Å². The van der Waals surface area contributed by atoms with Crippen LogP contribution in [-0.2, 0) is 9.59 Å². The van der Waals surface area contributed by atoms with E-state index >= 15 is 0 Å². The lowest BCUT2D eigenvalue weighted by molar-refractivity contribution is -0.137. The lowest BCUT2D eigenvalue weighted by atomic mass is 10.1. The number of carbonyl (C=O) groups is 2. The van der Waals surface area contributed by atoms with Crippen LogP contribution in [0.4, 0.5) is 0 Å². The van der Waals surface area contributed by atoms with Crippen molar-refractivity contribution in [1.29, 1.82) is 0 Å². The maximum atomic E-state index is 12.5. The second-order valence-corrected chi connectivity index (χ2v) is 6.96. The Morgan fingerprint density at radius 2 is 2.09 bits per heavy atom. The smallest absolute Gasteiger partial charge is 0.303 e. The number of hydrogen-bond donors (Lipinski definition) is 1. The summed E-state index contributed by atoms with van der Waals surface area (Å²) >= 11 is 1.70. The van der Waals surface area contributed by atoms with Crippen LogP contribution in [0.25, 0.3) is 6.08 Å². The first-order valence-electron chi connectivity index (χ1n) is 8.40.